The molecule has 4 heteroatoms. The summed E-state index contributed by atoms with van der Waals surface area (Å²) in [5, 5.41) is 0. The van der Waals surface area contributed by atoms with E-state index in [0.717, 1.165) is 19.4 Å². The molecule has 0 bridgehead atoms. The van der Waals surface area contributed by atoms with Gasteiger partial charge in [0.05, 0.1) is 0 Å². The highest BCUT2D eigenvalue weighted by molar-refractivity contribution is 14.2. The summed E-state index contributed by atoms with van der Waals surface area (Å²) in [6.07, 6.45) is 1.78. The fraction of sp³-hybridized carbons (Fsp3) is 0.750. The molecule has 2 nitrogen and oxygen atoms in total. The van der Waals surface area contributed by atoms with Gasteiger partial charge in [-0.1, -0.05) is 0 Å². The van der Waals surface area contributed by atoms with Crippen LogP contribution in [0.15, 0.2) is 0 Å². The predicted octanol–water partition coefficient (Wildman–Crippen LogP) is 1.61. The molecule has 1 heterocycles. The average Bonchev–Trinajstić information content (AvgIpc) is 2.14. The second-order valence-corrected chi connectivity index (χ2v) is 3.43. The Bertz CT molecular complexity index is 108. The maximum atomic E-state index is 10.7. The van der Waals surface area contributed by atoms with Crippen LogP contribution in [0.2, 0.25) is 0 Å². The van der Waals surface area contributed by atoms with E-state index in [1.807, 2.05) is 0 Å². The molecular weight excluding hydrogens is 237 g/mol. The molecular formula is C4H6INOS. The van der Waals surface area contributed by atoms with Gasteiger partial charge < -0.3 is 0 Å². The van der Waals surface area contributed by atoms with E-state index in [4.69, 9.17) is 0 Å². The van der Waals surface area contributed by atoms with E-state index in [2.05, 4.69) is 21.2 Å². The summed E-state index contributed by atoms with van der Waals surface area (Å²) in [6, 6.07) is 0. The highest BCUT2D eigenvalue weighted by Gasteiger charge is 2.18. The highest BCUT2D eigenvalue weighted by Crippen LogP contribution is 2.24. The molecule has 46 valence electrons. The Kier molecular flexibility index (Phi) is 2.43. The second kappa shape index (κ2) is 2.91. The maximum Gasteiger partial charge on any atom is 0.233 e. The summed E-state index contributed by atoms with van der Waals surface area (Å²) in [5.41, 5.74) is 0. The molecule has 0 aromatic heterocycles. The van der Waals surface area contributed by atoms with Crippen molar-refractivity contribution >= 4 is 36.2 Å². The zero-order valence-corrected chi connectivity index (χ0v) is 7.24. The number of halogens is 1. The zero-order chi connectivity index (χ0) is 5.98. The zero-order valence-electron chi connectivity index (χ0n) is 4.26. The number of amides is 1. The third-order valence-electron chi connectivity index (χ3n) is 1.11. The lowest BCUT2D eigenvalue weighted by molar-refractivity contribution is -0.123. The fourth-order valence-corrected chi connectivity index (χ4v) is 2.31. The van der Waals surface area contributed by atoms with Crippen LogP contribution in [0.4, 0.5) is 0 Å². The lowest BCUT2D eigenvalue weighted by atomic mass is 10.4. The van der Waals surface area contributed by atoms with Crippen LogP contribution in [0.5, 0.6) is 0 Å². The van der Waals surface area contributed by atoms with Gasteiger partial charge >= 0.3 is 0 Å². The van der Waals surface area contributed by atoms with Crippen LogP contribution in [0, 0.1) is 0 Å². The summed E-state index contributed by atoms with van der Waals surface area (Å²) in [6.45, 7) is 0.937. The molecule has 1 saturated heterocycles. The molecule has 0 aliphatic carbocycles. The Hall–Kier alpha value is 0.550. The molecule has 0 aromatic carbocycles. The van der Waals surface area contributed by atoms with E-state index in [0.29, 0.717) is 0 Å². The minimum absolute atomic E-state index is 0.282. The first-order valence-electron chi connectivity index (χ1n) is 2.43. The minimum Gasteiger partial charge on any atom is -0.278 e. The van der Waals surface area contributed by atoms with Gasteiger partial charge in [0.25, 0.3) is 0 Å². The van der Waals surface area contributed by atoms with E-state index >= 15 is 0 Å². The first-order valence-corrected chi connectivity index (χ1v) is 5.75. The SMILES string of the molecule is O=C1CCCN1SI. The largest absolute Gasteiger partial charge is 0.278 e. The van der Waals surface area contributed by atoms with Crippen molar-refractivity contribution in [2.75, 3.05) is 6.54 Å². The van der Waals surface area contributed by atoms with Gasteiger partial charge in [-0.25, -0.2) is 0 Å². The lowest BCUT2D eigenvalue weighted by Crippen LogP contribution is -2.13. The van der Waals surface area contributed by atoms with Crippen molar-refractivity contribution < 1.29 is 4.79 Å². The Morgan fingerprint density at radius 2 is 2.50 bits per heavy atom. The third kappa shape index (κ3) is 1.28. The molecule has 0 atom stereocenters. The minimum atomic E-state index is 0.282. The van der Waals surface area contributed by atoms with Gasteiger partial charge in [0.15, 0.2) is 0 Å². The van der Waals surface area contributed by atoms with Crippen LogP contribution < -0.4 is 0 Å². The molecule has 1 fully saturated rings. The first kappa shape index (κ1) is 6.67. The Morgan fingerprint density at radius 3 is 2.75 bits per heavy atom. The Morgan fingerprint density at radius 1 is 1.75 bits per heavy atom. The van der Waals surface area contributed by atoms with Crippen molar-refractivity contribution in [2.45, 2.75) is 12.8 Å². The van der Waals surface area contributed by atoms with E-state index in [1.54, 1.807) is 4.31 Å². The van der Waals surface area contributed by atoms with Crippen molar-refractivity contribution in [3.63, 3.8) is 0 Å². The molecule has 8 heavy (non-hydrogen) atoms. The molecule has 0 radical (unpaired) electrons. The standard InChI is InChI=1S/C4H6INOS/c5-8-6-3-1-2-4(6)7/h1-3H2. The Labute approximate surface area is 64.7 Å². The molecule has 0 unspecified atom stereocenters. The molecule has 1 amide bonds. The van der Waals surface area contributed by atoms with Gasteiger partial charge in [0.2, 0.25) is 5.91 Å². The maximum absolute atomic E-state index is 10.7. The molecule has 1 aliphatic rings. The topological polar surface area (TPSA) is 20.3 Å². The van der Waals surface area contributed by atoms with Crippen LogP contribution >= 0.6 is 30.3 Å². The summed E-state index contributed by atoms with van der Waals surface area (Å²) in [4.78, 5) is 10.7. The van der Waals surface area contributed by atoms with Crippen molar-refractivity contribution in [3.05, 3.63) is 0 Å². The highest BCUT2D eigenvalue weighted by atomic mass is 127. The predicted molar refractivity (Wildman–Crippen MR) is 42.6 cm³/mol. The number of nitrogens with zero attached hydrogens (tertiary/aromatic N) is 1. The summed E-state index contributed by atoms with van der Waals surface area (Å²) in [5.74, 6) is 0.282. The van der Waals surface area contributed by atoms with Crippen LogP contribution in [0.1, 0.15) is 12.8 Å². The van der Waals surface area contributed by atoms with Crippen molar-refractivity contribution in [2.24, 2.45) is 0 Å². The number of carbonyl (C=O) groups excluding carboxylic acids is 1. The van der Waals surface area contributed by atoms with Crippen molar-refractivity contribution in [1.82, 2.24) is 4.31 Å². The van der Waals surface area contributed by atoms with Crippen LogP contribution in [0.3, 0.4) is 0 Å². The number of hydrogen-bond donors (Lipinski definition) is 0. The van der Waals surface area contributed by atoms with Crippen molar-refractivity contribution in [1.29, 1.82) is 0 Å². The summed E-state index contributed by atoms with van der Waals surface area (Å²) >= 11 is 2.13. The first-order chi connectivity index (χ1) is 3.84. The summed E-state index contributed by atoms with van der Waals surface area (Å²) < 4.78 is 1.79. The number of carbonyl (C=O) groups is 1. The number of rotatable bonds is 1. The van der Waals surface area contributed by atoms with E-state index < -0.39 is 0 Å². The van der Waals surface area contributed by atoms with E-state index in [9.17, 15) is 4.79 Å². The van der Waals surface area contributed by atoms with Gasteiger partial charge in [-0.15, -0.1) is 0 Å². The van der Waals surface area contributed by atoms with Crippen LogP contribution in [-0.2, 0) is 4.79 Å². The Balaban J connectivity index is 2.42. The van der Waals surface area contributed by atoms with Crippen LogP contribution in [0.25, 0.3) is 0 Å². The van der Waals surface area contributed by atoms with Gasteiger partial charge in [-0.2, -0.15) is 0 Å². The van der Waals surface area contributed by atoms with Crippen LogP contribution in [-0.4, -0.2) is 16.8 Å². The normalized spacial score (nSPS) is 20.1. The molecule has 0 spiro atoms. The quantitative estimate of drug-likeness (QED) is 0.515. The molecule has 0 aromatic rings. The third-order valence-corrected chi connectivity index (χ3v) is 3.09. The van der Waals surface area contributed by atoms with Gasteiger partial charge in [0, 0.05) is 43.3 Å². The second-order valence-electron chi connectivity index (χ2n) is 1.67. The number of hydrogen-bond acceptors (Lipinski definition) is 2. The lowest BCUT2D eigenvalue weighted by Gasteiger charge is -2.06. The van der Waals surface area contributed by atoms with Gasteiger partial charge in [-0.3, -0.25) is 9.10 Å². The average molecular weight is 243 g/mol. The molecule has 0 saturated carbocycles. The van der Waals surface area contributed by atoms with Gasteiger partial charge in [0.1, 0.15) is 0 Å². The molecule has 1 rings (SSSR count). The molecule has 1 aliphatic heterocycles. The summed E-state index contributed by atoms with van der Waals surface area (Å²) in [7, 11) is 1.49. The van der Waals surface area contributed by atoms with Gasteiger partial charge in [-0.05, 0) is 6.42 Å². The van der Waals surface area contributed by atoms with E-state index in [-0.39, 0.29) is 5.91 Å². The molecule has 0 N–H and O–H groups in total. The monoisotopic (exact) mass is 243 g/mol. The fourth-order valence-electron chi connectivity index (χ4n) is 0.696. The van der Waals surface area contributed by atoms with E-state index in [1.165, 1.54) is 9.12 Å². The smallest absolute Gasteiger partial charge is 0.233 e. The van der Waals surface area contributed by atoms with Crippen molar-refractivity contribution in [3.8, 4) is 0 Å².